The van der Waals surface area contributed by atoms with Crippen molar-refractivity contribution in [2.75, 3.05) is 11.6 Å². The van der Waals surface area contributed by atoms with Crippen LogP contribution in [0.1, 0.15) is 38.7 Å². The van der Waals surface area contributed by atoms with Crippen molar-refractivity contribution >= 4 is 17.4 Å². The van der Waals surface area contributed by atoms with Gasteiger partial charge in [0.15, 0.2) is 11.5 Å². The number of aliphatic hydroxyl groups is 1. The summed E-state index contributed by atoms with van der Waals surface area (Å²) in [6.45, 7) is 3.10. The Labute approximate surface area is 221 Å². The Morgan fingerprint density at radius 1 is 1.13 bits per heavy atom. The van der Waals surface area contributed by atoms with Gasteiger partial charge in [-0.25, -0.2) is 13.6 Å². The van der Waals surface area contributed by atoms with E-state index in [1.165, 1.54) is 36.3 Å². The highest BCUT2D eigenvalue weighted by Gasteiger charge is 2.80. The first-order valence-electron chi connectivity index (χ1n) is 12.9. The minimum Gasteiger partial charge on any atom is -0.479 e. The van der Waals surface area contributed by atoms with Gasteiger partial charge < -0.3 is 10.2 Å². The fraction of sp³-hybridized carbons (Fsp3) is 0.571. The summed E-state index contributed by atoms with van der Waals surface area (Å²) < 4.78 is 72.0. The first kappa shape index (κ1) is 26.4. The molecule has 1 saturated heterocycles. The highest BCUT2D eigenvalue weighted by atomic mass is 19.4. The second kappa shape index (κ2) is 7.90. The lowest BCUT2D eigenvalue weighted by Crippen LogP contribution is -2.70. The van der Waals surface area contributed by atoms with Crippen LogP contribution in [0.15, 0.2) is 48.1 Å². The number of allylic oxidation sites excluding steroid dienone is 4. The van der Waals surface area contributed by atoms with E-state index in [4.69, 9.17) is 4.84 Å². The summed E-state index contributed by atoms with van der Waals surface area (Å²) in [4.78, 5) is 31.1. The Morgan fingerprint density at radius 3 is 2.41 bits per heavy atom. The second-order valence-corrected chi connectivity index (χ2v) is 12.0. The van der Waals surface area contributed by atoms with Crippen LogP contribution in [0.25, 0.3) is 0 Å². The third kappa shape index (κ3) is 3.14. The molecule has 9 atom stereocenters. The van der Waals surface area contributed by atoms with Crippen LogP contribution in [-0.4, -0.2) is 52.1 Å². The highest BCUT2D eigenvalue weighted by Crippen LogP contribution is 2.72. The van der Waals surface area contributed by atoms with E-state index in [9.17, 15) is 33.0 Å². The van der Waals surface area contributed by atoms with Crippen molar-refractivity contribution in [2.45, 2.75) is 62.8 Å². The minimum absolute atomic E-state index is 0.0156. The van der Waals surface area contributed by atoms with Crippen molar-refractivity contribution < 1.29 is 46.6 Å². The van der Waals surface area contributed by atoms with Gasteiger partial charge in [-0.2, -0.15) is 13.2 Å². The lowest BCUT2D eigenvalue weighted by Gasteiger charge is -2.62. The molecule has 1 aromatic rings. The summed E-state index contributed by atoms with van der Waals surface area (Å²) in [5, 5.41) is 23.2. The maximum Gasteiger partial charge on any atom is 0.416 e. The molecule has 1 aliphatic heterocycles. The molecule has 1 heterocycles. The molecule has 2 N–H and O–H groups in total. The van der Waals surface area contributed by atoms with Crippen LogP contribution in [0, 0.1) is 28.6 Å². The van der Waals surface area contributed by atoms with E-state index in [0.717, 1.165) is 18.2 Å². The molecule has 3 saturated carbocycles. The Balaban J connectivity index is 1.39. The second-order valence-electron chi connectivity index (χ2n) is 12.0. The number of hydroxylamine groups is 1. The molecule has 210 valence electrons. The van der Waals surface area contributed by atoms with Crippen molar-refractivity contribution in [1.29, 1.82) is 0 Å². The van der Waals surface area contributed by atoms with Gasteiger partial charge in [-0.05, 0) is 74.1 Å². The number of carbonyl (C=O) groups is 2. The number of hydrogen-bond acceptors (Lipinski definition) is 5. The Bertz CT molecular complexity index is 1310. The number of nitrogens with zero attached hydrogens (tertiary/aromatic N) is 1. The molecule has 1 aromatic carbocycles. The molecule has 0 amide bonds. The monoisotopic (exact) mass is 553 g/mol. The van der Waals surface area contributed by atoms with Crippen LogP contribution in [0.5, 0.6) is 0 Å². The Hall–Kier alpha value is -2.79. The summed E-state index contributed by atoms with van der Waals surface area (Å²) in [6, 6.07) is 4.15. The van der Waals surface area contributed by atoms with Crippen molar-refractivity contribution in [1.82, 2.24) is 0 Å². The number of aliphatic hydroxyl groups excluding tert-OH is 1. The Kier molecular flexibility index (Phi) is 5.36. The van der Waals surface area contributed by atoms with Gasteiger partial charge in [-0.3, -0.25) is 14.7 Å². The molecule has 4 fully saturated rings. The van der Waals surface area contributed by atoms with Crippen LogP contribution in [0.3, 0.4) is 0 Å². The van der Waals surface area contributed by atoms with Gasteiger partial charge in [0.25, 0.3) is 0 Å². The molecule has 4 aliphatic carbocycles. The van der Waals surface area contributed by atoms with Crippen molar-refractivity contribution in [3.8, 4) is 0 Å². The number of aliphatic carboxylic acids is 1. The van der Waals surface area contributed by atoms with E-state index in [1.54, 1.807) is 6.92 Å². The summed E-state index contributed by atoms with van der Waals surface area (Å²) in [6.07, 6.45) is -4.75. The van der Waals surface area contributed by atoms with Gasteiger partial charge >= 0.3 is 12.1 Å². The van der Waals surface area contributed by atoms with E-state index in [1.807, 2.05) is 0 Å². The van der Waals surface area contributed by atoms with Crippen LogP contribution in [0.2, 0.25) is 0 Å². The van der Waals surface area contributed by atoms with E-state index in [0.29, 0.717) is 0 Å². The van der Waals surface area contributed by atoms with Gasteiger partial charge in [0.1, 0.15) is 6.17 Å². The zero-order chi connectivity index (χ0) is 28.3. The molecule has 5 aliphatic rings. The molecule has 0 aromatic heterocycles. The van der Waals surface area contributed by atoms with Gasteiger partial charge in [0.2, 0.25) is 5.60 Å². The lowest BCUT2D eigenvalue weighted by molar-refractivity contribution is -0.233. The van der Waals surface area contributed by atoms with E-state index >= 15 is 8.78 Å². The van der Waals surface area contributed by atoms with Crippen molar-refractivity contribution in [3.05, 3.63) is 53.6 Å². The molecule has 6 rings (SSSR count). The SMILES string of the molecule is C[C@]12C=CC(=O)C=C1[C@@H](F)C[C@H]1[C@@H]3C[C@H]4CN(c5ccc(C(F)(F)F)cc5)O[C@@]4(C(=O)O)[C@@]3(C)C[C@H](O)[C@@]12F. The molecule has 0 spiro atoms. The molecular weight excluding hydrogens is 525 g/mol. The average molecular weight is 554 g/mol. The van der Waals surface area contributed by atoms with E-state index in [-0.39, 0.29) is 37.1 Å². The number of carboxylic acid groups (broad SMARTS) is 1. The smallest absolute Gasteiger partial charge is 0.416 e. The minimum atomic E-state index is -4.54. The highest BCUT2D eigenvalue weighted by molar-refractivity contribution is 6.01. The molecule has 6 nitrogen and oxygen atoms in total. The average Bonchev–Trinajstić information content (AvgIpc) is 3.36. The number of alkyl halides is 5. The number of halogens is 5. The standard InChI is InChI=1S/C28H28F5NO5/c1-24-8-7-17(35)10-20(24)21(29)11-19-18-9-15-13-34(16-5-3-14(4-6-16)28(31,32)33)39-27(15,23(37)38)25(18,2)12-22(36)26(19,24)30/h3-8,10,15,18-19,21-22,36H,9,11-13H2,1-2H3,(H,37,38)/t15-,18-,19-,21-,22-,24-,25-,26-,27-/m0/s1. The predicted molar refractivity (Wildman–Crippen MR) is 128 cm³/mol. The molecule has 0 radical (unpaired) electrons. The maximum atomic E-state index is 17.3. The van der Waals surface area contributed by atoms with Gasteiger partial charge in [-0.1, -0.05) is 13.0 Å². The summed E-state index contributed by atoms with van der Waals surface area (Å²) in [7, 11) is 0. The van der Waals surface area contributed by atoms with Crippen molar-refractivity contribution in [3.63, 3.8) is 0 Å². The van der Waals surface area contributed by atoms with E-state index in [2.05, 4.69) is 0 Å². The maximum absolute atomic E-state index is 17.3. The number of carboxylic acids is 1. The number of ketones is 1. The van der Waals surface area contributed by atoms with Gasteiger partial charge in [0.05, 0.1) is 23.9 Å². The predicted octanol–water partition coefficient (Wildman–Crippen LogP) is 4.83. The fourth-order valence-corrected chi connectivity index (χ4v) is 8.58. The summed E-state index contributed by atoms with van der Waals surface area (Å²) >= 11 is 0. The number of carbonyl (C=O) groups excluding carboxylic acids is 1. The molecule has 11 heteroatoms. The number of benzene rings is 1. The normalized spacial score (nSPS) is 44.8. The number of anilines is 1. The molecular formula is C28H28F5NO5. The van der Waals surface area contributed by atoms with Crippen LogP contribution in [-0.2, 0) is 20.6 Å². The first-order chi connectivity index (χ1) is 18.1. The quantitative estimate of drug-likeness (QED) is 0.511. The van der Waals surface area contributed by atoms with Crippen LogP contribution in [0.4, 0.5) is 27.6 Å². The topological polar surface area (TPSA) is 87.1 Å². The molecule has 0 unspecified atom stereocenters. The summed E-state index contributed by atoms with van der Waals surface area (Å²) in [5.74, 6) is -4.23. The first-order valence-corrected chi connectivity index (χ1v) is 12.9. The lowest BCUT2D eigenvalue weighted by atomic mass is 9.44. The number of rotatable bonds is 2. The molecule has 39 heavy (non-hydrogen) atoms. The van der Waals surface area contributed by atoms with Crippen molar-refractivity contribution in [2.24, 2.45) is 28.6 Å². The van der Waals surface area contributed by atoms with E-state index < -0.39 is 75.6 Å². The zero-order valence-electron chi connectivity index (χ0n) is 21.2. The summed E-state index contributed by atoms with van der Waals surface area (Å²) in [5.41, 5.74) is -7.83. The fourth-order valence-electron chi connectivity index (χ4n) is 8.58. The Morgan fingerprint density at radius 2 is 1.79 bits per heavy atom. The number of fused-ring (bicyclic) bond motifs is 7. The van der Waals surface area contributed by atoms with Crippen LogP contribution < -0.4 is 5.06 Å². The van der Waals surface area contributed by atoms with Crippen LogP contribution >= 0.6 is 0 Å². The zero-order valence-corrected chi connectivity index (χ0v) is 21.2. The van der Waals surface area contributed by atoms with Gasteiger partial charge in [0, 0.05) is 22.7 Å². The largest absolute Gasteiger partial charge is 0.479 e. The third-order valence-electron chi connectivity index (χ3n) is 10.4. The van der Waals surface area contributed by atoms with Gasteiger partial charge in [-0.15, -0.1) is 0 Å². The third-order valence-corrected chi connectivity index (χ3v) is 10.4. The molecule has 0 bridgehead atoms. The number of hydrogen-bond donors (Lipinski definition) is 2.